The molecule has 0 aliphatic rings. The molecule has 0 saturated heterocycles. The highest BCUT2D eigenvalue weighted by Gasteiger charge is 2.04. The van der Waals surface area contributed by atoms with E-state index in [2.05, 4.69) is 10.2 Å². The van der Waals surface area contributed by atoms with E-state index in [0.29, 0.717) is 0 Å². The van der Waals surface area contributed by atoms with Crippen LogP contribution in [-0.2, 0) is 0 Å². The summed E-state index contributed by atoms with van der Waals surface area (Å²) in [6.07, 6.45) is 0. The summed E-state index contributed by atoms with van der Waals surface area (Å²) in [6, 6.07) is 7.75. The molecule has 0 bridgehead atoms. The molecule has 0 heterocycles. The molecule has 2 aromatic carbocycles. The minimum absolute atomic E-state index is 0.779. The van der Waals surface area contributed by atoms with E-state index in [-0.39, 0.29) is 0 Å². The van der Waals surface area contributed by atoms with Gasteiger partial charge in [-0.15, -0.1) is 0 Å². The highest BCUT2D eigenvalue weighted by molar-refractivity contribution is 5.61. The zero-order valence-electron chi connectivity index (χ0n) is 12.4. The lowest BCUT2D eigenvalue weighted by atomic mass is 10.1. The predicted molar refractivity (Wildman–Crippen MR) is 84.8 cm³/mol. The largest absolute Gasteiger partial charge is 0.399 e. The molecule has 0 aromatic heterocycles. The van der Waals surface area contributed by atoms with Gasteiger partial charge in [0.15, 0.2) is 0 Å². The standard InChI is InChI=1S/C16H20N4/c1-9-7-15(11(3)5-13(9)17)19-20-16-8-10(2)14(18)6-12(16)4/h5-8H,17-18H2,1-4H3/b20-19+. The number of benzene rings is 2. The Morgan fingerprint density at radius 2 is 0.950 bits per heavy atom. The molecule has 0 atom stereocenters. The molecule has 0 aliphatic carbocycles. The molecular formula is C16H20N4. The number of nitrogens with zero attached hydrogens (tertiary/aromatic N) is 2. The van der Waals surface area contributed by atoms with E-state index in [4.69, 9.17) is 11.5 Å². The summed E-state index contributed by atoms with van der Waals surface area (Å²) in [7, 11) is 0. The third-order valence-electron chi connectivity index (χ3n) is 3.43. The van der Waals surface area contributed by atoms with E-state index in [1.165, 1.54) is 0 Å². The molecule has 104 valence electrons. The highest BCUT2D eigenvalue weighted by atomic mass is 15.1. The van der Waals surface area contributed by atoms with Crippen molar-refractivity contribution < 1.29 is 0 Å². The van der Waals surface area contributed by atoms with Gasteiger partial charge >= 0.3 is 0 Å². The van der Waals surface area contributed by atoms with Crippen LogP contribution in [0.15, 0.2) is 34.5 Å². The Bertz CT molecular complexity index is 628. The number of azo groups is 1. The second kappa shape index (κ2) is 5.33. The lowest BCUT2D eigenvalue weighted by Gasteiger charge is -2.06. The summed E-state index contributed by atoms with van der Waals surface area (Å²) in [5.41, 5.74) is 19.0. The van der Waals surface area contributed by atoms with Gasteiger partial charge in [-0.25, -0.2) is 0 Å². The maximum atomic E-state index is 5.87. The van der Waals surface area contributed by atoms with Gasteiger partial charge in [0, 0.05) is 11.4 Å². The van der Waals surface area contributed by atoms with Gasteiger partial charge < -0.3 is 11.5 Å². The van der Waals surface area contributed by atoms with E-state index in [1.807, 2.05) is 52.0 Å². The Kier molecular flexibility index (Phi) is 3.74. The van der Waals surface area contributed by atoms with Crippen LogP contribution in [0.2, 0.25) is 0 Å². The molecule has 0 aliphatic heterocycles. The van der Waals surface area contributed by atoms with Gasteiger partial charge in [-0.05, 0) is 74.2 Å². The second-order valence-corrected chi connectivity index (χ2v) is 5.19. The predicted octanol–water partition coefficient (Wildman–Crippen LogP) is 4.50. The molecule has 4 N–H and O–H groups in total. The average molecular weight is 268 g/mol. The van der Waals surface area contributed by atoms with Crippen LogP contribution in [-0.4, -0.2) is 0 Å². The number of hydrogen-bond acceptors (Lipinski definition) is 4. The molecular weight excluding hydrogens is 248 g/mol. The maximum absolute atomic E-state index is 5.87. The van der Waals surface area contributed by atoms with E-state index in [1.54, 1.807) is 0 Å². The first-order chi connectivity index (χ1) is 9.38. The summed E-state index contributed by atoms with van der Waals surface area (Å²) in [6.45, 7) is 7.88. The van der Waals surface area contributed by atoms with Crippen molar-refractivity contribution in [2.24, 2.45) is 10.2 Å². The van der Waals surface area contributed by atoms with Crippen molar-refractivity contribution in [3.05, 3.63) is 46.5 Å². The number of hydrogen-bond donors (Lipinski definition) is 2. The molecule has 0 unspecified atom stereocenters. The Morgan fingerprint density at radius 3 is 1.30 bits per heavy atom. The average Bonchev–Trinajstić information content (AvgIpc) is 2.37. The van der Waals surface area contributed by atoms with Crippen molar-refractivity contribution >= 4 is 22.7 Å². The fraction of sp³-hybridized carbons (Fsp3) is 0.250. The Balaban J connectivity index is 2.39. The van der Waals surface area contributed by atoms with Crippen LogP contribution in [0.1, 0.15) is 22.3 Å². The van der Waals surface area contributed by atoms with E-state index in [9.17, 15) is 0 Å². The van der Waals surface area contributed by atoms with Crippen LogP contribution in [0.5, 0.6) is 0 Å². The zero-order valence-corrected chi connectivity index (χ0v) is 12.4. The molecule has 0 saturated carbocycles. The van der Waals surface area contributed by atoms with Gasteiger partial charge in [0.05, 0.1) is 11.4 Å². The molecule has 0 fully saturated rings. The van der Waals surface area contributed by atoms with Gasteiger partial charge in [-0.1, -0.05) is 0 Å². The quantitative estimate of drug-likeness (QED) is 0.621. The van der Waals surface area contributed by atoms with Crippen LogP contribution >= 0.6 is 0 Å². The van der Waals surface area contributed by atoms with Crippen molar-refractivity contribution in [2.75, 3.05) is 11.5 Å². The summed E-state index contributed by atoms with van der Waals surface area (Å²) in [5, 5.41) is 8.68. The van der Waals surface area contributed by atoms with Crippen molar-refractivity contribution in [2.45, 2.75) is 27.7 Å². The van der Waals surface area contributed by atoms with Crippen LogP contribution in [0.3, 0.4) is 0 Å². The van der Waals surface area contributed by atoms with Gasteiger partial charge in [-0.2, -0.15) is 10.2 Å². The minimum atomic E-state index is 0.779. The van der Waals surface area contributed by atoms with Crippen molar-refractivity contribution in [1.82, 2.24) is 0 Å². The molecule has 2 aromatic rings. The summed E-state index contributed by atoms with van der Waals surface area (Å²) in [5.74, 6) is 0. The number of nitrogens with two attached hydrogens (primary N) is 2. The zero-order chi connectivity index (χ0) is 14.9. The molecule has 0 spiro atoms. The van der Waals surface area contributed by atoms with Crippen LogP contribution in [0.25, 0.3) is 0 Å². The first-order valence-corrected chi connectivity index (χ1v) is 6.53. The molecule has 20 heavy (non-hydrogen) atoms. The van der Waals surface area contributed by atoms with Gasteiger partial charge in [-0.3, -0.25) is 0 Å². The van der Waals surface area contributed by atoms with E-state index < -0.39 is 0 Å². The monoisotopic (exact) mass is 268 g/mol. The maximum Gasteiger partial charge on any atom is 0.0890 e. The van der Waals surface area contributed by atoms with Crippen LogP contribution in [0.4, 0.5) is 22.7 Å². The second-order valence-electron chi connectivity index (χ2n) is 5.19. The number of anilines is 2. The van der Waals surface area contributed by atoms with Crippen molar-refractivity contribution in [3.8, 4) is 0 Å². The highest BCUT2D eigenvalue weighted by Crippen LogP contribution is 2.29. The summed E-state index contributed by atoms with van der Waals surface area (Å²) in [4.78, 5) is 0. The molecule has 2 rings (SSSR count). The lowest BCUT2D eigenvalue weighted by molar-refractivity contribution is 1.18. The Hall–Kier alpha value is -2.36. The Morgan fingerprint density at radius 1 is 0.600 bits per heavy atom. The first kappa shape index (κ1) is 14.1. The summed E-state index contributed by atoms with van der Waals surface area (Å²) >= 11 is 0. The SMILES string of the molecule is Cc1cc(/N=N/c2cc(C)c(N)cc2C)c(C)cc1N. The van der Waals surface area contributed by atoms with Gasteiger partial charge in [0.2, 0.25) is 0 Å². The fourth-order valence-electron chi connectivity index (χ4n) is 1.97. The van der Waals surface area contributed by atoms with Gasteiger partial charge in [0.25, 0.3) is 0 Å². The number of rotatable bonds is 2. The third-order valence-corrected chi connectivity index (χ3v) is 3.43. The minimum Gasteiger partial charge on any atom is -0.399 e. The lowest BCUT2D eigenvalue weighted by Crippen LogP contribution is -1.90. The number of nitrogen functional groups attached to an aromatic ring is 2. The molecule has 0 amide bonds. The Labute approximate surface area is 119 Å². The smallest absolute Gasteiger partial charge is 0.0890 e. The van der Waals surface area contributed by atoms with Crippen LogP contribution < -0.4 is 11.5 Å². The van der Waals surface area contributed by atoms with Crippen molar-refractivity contribution in [3.63, 3.8) is 0 Å². The normalized spacial score (nSPS) is 11.2. The molecule has 4 heteroatoms. The summed E-state index contributed by atoms with van der Waals surface area (Å²) < 4.78 is 0. The first-order valence-electron chi connectivity index (χ1n) is 6.53. The van der Waals surface area contributed by atoms with Gasteiger partial charge in [0.1, 0.15) is 0 Å². The molecule has 0 radical (unpaired) electrons. The topological polar surface area (TPSA) is 76.8 Å². The third kappa shape index (κ3) is 2.79. The van der Waals surface area contributed by atoms with Crippen LogP contribution in [0, 0.1) is 27.7 Å². The van der Waals surface area contributed by atoms with E-state index >= 15 is 0 Å². The molecule has 4 nitrogen and oxygen atoms in total. The number of aryl methyl sites for hydroxylation is 4. The fourth-order valence-corrected chi connectivity index (χ4v) is 1.97. The van der Waals surface area contributed by atoms with Crippen molar-refractivity contribution in [1.29, 1.82) is 0 Å². The van der Waals surface area contributed by atoms with E-state index in [0.717, 1.165) is 45.0 Å².